The Labute approximate surface area is 166 Å². The maximum atomic E-state index is 13.5. The predicted molar refractivity (Wildman–Crippen MR) is 104 cm³/mol. The van der Waals surface area contributed by atoms with Crippen LogP contribution in [-0.4, -0.2) is 16.3 Å². The molecule has 4 rings (SSSR count). The average molecular weight is 490 g/mol. The lowest BCUT2D eigenvalue weighted by atomic mass is 10.1. The zero-order valence-corrected chi connectivity index (χ0v) is 16.2. The number of benzene rings is 2. The lowest BCUT2D eigenvalue weighted by Gasteiger charge is -2.15. The average Bonchev–Trinajstić information content (AvgIpc) is 3.18. The molecule has 0 radical (unpaired) electrons. The van der Waals surface area contributed by atoms with E-state index in [2.05, 4.69) is 33.0 Å². The number of hydrogen-bond donors (Lipinski definition) is 1. The van der Waals surface area contributed by atoms with Crippen LogP contribution in [-0.2, 0) is 12.6 Å². The van der Waals surface area contributed by atoms with Crippen LogP contribution in [0.4, 0.5) is 19.0 Å². The van der Waals surface area contributed by atoms with E-state index in [9.17, 15) is 13.2 Å². The molecular formula is C18H12ClF3IN3. The third-order valence-electron chi connectivity index (χ3n) is 4.26. The first-order valence-electron chi connectivity index (χ1n) is 7.83. The first-order valence-corrected chi connectivity index (χ1v) is 9.29. The zero-order chi connectivity index (χ0) is 18.5. The Balaban J connectivity index is 1.92. The Kier molecular flexibility index (Phi) is 4.38. The molecule has 0 bridgehead atoms. The molecule has 2 aromatic carbocycles. The molecule has 0 saturated carbocycles. The standard InChI is InChI=1S/C18H12ClF3IN3/c19-11-3-6-15(14(9-11)18(20,21)22)26-17-13(7-8-24-17)16(25-26)10-1-4-12(23)5-2-10/h1-6,9,24H,7-8H2. The van der Waals surface area contributed by atoms with Crippen LogP contribution in [0.1, 0.15) is 11.1 Å². The van der Waals surface area contributed by atoms with E-state index in [0.29, 0.717) is 24.5 Å². The van der Waals surface area contributed by atoms with E-state index in [1.807, 2.05) is 24.3 Å². The van der Waals surface area contributed by atoms with Crippen LogP contribution in [0.3, 0.4) is 0 Å². The second kappa shape index (κ2) is 6.45. The van der Waals surface area contributed by atoms with Crippen molar-refractivity contribution in [2.75, 3.05) is 11.9 Å². The van der Waals surface area contributed by atoms with Crippen LogP contribution in [0.5, 0.6) is 0 Å². The summed E-state index contributed by atoms with van der Waals surface area (Å²) in [4.78, 5) is 0. The first-order chi connectivity index (χ1) is 12.3. The van der Waals surface area contributed by atoms with Gasteiger partial charge in [0, 0.05) is 26.3 Å². The number of alkyl halides is 3. The van der Waals surface area contributed by atoms with Gasteiger partial charge in [-0.2, -0.15) is 18.3 Å². The van der Waals surface area contributed by atoms with Gasteiger partial charge >= 0.3 is 6.18 Å². The third kappa shape index (κ3) is 3.07. The van der Waals surface area contributed by atoms with E-state index < -0.39 is 11.7 Å². The fraction of sp³-hybridized carbons (Fsp3) is 0.167. The molecule has 0 fully saturated rings. The summed E-state index contributed by atoms with van der Waals surface area (Å²) >= 11 is 8.01. The Morgan fingerprint density at radius 3 is 2.54 bits per heavy atom. The highest BCUT2D eigenvalue weighted by Crippen LogP contribution is 2.40. The van der Waals surface area contributed by atoms with Crippen molar-refractivity contribution in [3.63, 3.8) is 0 Å². The highest BCUT2D eigenvalue weighted by Gasteiger charge is 2.36. The Morgan fingerprint density at radius 2 is 1.85 bits per heavy atom. The molecule has 26 heavy (non-hydrogen) atoms. The van der Waals surface area contributed by atoms with Crippen molar-refractivity contribution >= 4 is 40.0 Å². The lowest BCUT2D eigenvalue weighted by molar-refractivity contribution is -0.137. The molecule has 134 valence electrons. The summed E-state index contributed by atoms with van der Waals surface area (Å²) < 4.78 is 43.0. The minimum atomic E-state index is -4.53. The van der Waals surface area contributed by atoms with Crippen LogP contribution in [0.2, 0.25) is 5.02 Å². The molecule has 0 unspecified atom stereocenters. The molecule has 1 N–H and O–H groups in total. The van der Waals surface area contributed by atoms with Gasteiger partial charge in [0.25, 0.3) is 0 Å². The van der Waals surface area contributed by atoms with Gasteiger partial charge in [0.15, 0.2) is 0 Å². The molecule has 3 aromatic rings. The van der Waals surface area contributed by atoms with Gasteiger partial charge in [-0.15, -0.1) is 0 Å². The van der Waals surface area contributed by atoms with E-state index >= 15 is 0 Å². The summed E-state index contributed by atoms with van der Waals surface area (Å²) in [5.41, 5.74) is 1.66. The maximum absolute atomic E-state index is 13.5. The summed E-state index contributed by atoms with van der Waals surface area (Å²) in [6, 6.07) is 11.5. The summed E-state index contributed by atoms with van der Waals surface area (Å²) in [5.74, 6) is 0.603. The lowest BCUT2D eigenvalue weighted by Crippen LogP contribution is -2.13. The maximum Gasteiger partial charge on any atom is 0.418 e. The largest absolute Gasteiger partial charge is 0.418 e. The number of fused-ring (bicyclic) bond motifs is 1. The third-order valence-corrected chi connectivity index (χ3v) is 5.22. The Morgan fingerprint density at radius 1 is 1.12 bits per heavy atom. The van der Waals surface area contributed by atoms with Crippen LogP contribution < -0.4 is 5.32 Å². The van der Waals surface area contributed by atoms with E-state index in [4.69, 9.17) is 11.6 Å². The molecule has 1 aromatic heterocycles. The molecule has 8 heteroatoms. The zero-order valence-electron chi connectivity index (χ0n) is 13.2. The molecule has 1 aliphatic heterocycles. The topological polar surface area (TPSA) is 29.9 Å². The van der Waals surface area contributed by atoms with Crippen LogP contribution in [0.25, 0.3) is 16.9 Å². The normalized spacial score (nSPS) is 13.6. The molecule has 1 aliphatic rings. The highest BCUT2D eigenvalue weighted by molar-refractivity contribution is 14.1. The van der Waals surface area contributed by atoms with Gasteiger partial charge in [-0.25, -0.2) is 4.68 Å². The van der Waals surface area contributed by atoms with Gasteiger partial charge in [-0.1, -0.05) is 23.7 Å². The Hall–Kier alpha value is -1.74. The monoisotopic (exact) mass is 489 g/mol. The number of anilines is 1. The first kappa shape index (κ1) is 17.7. The highest BCUT2D eigenvalue weighted by atomic mass is 127. The van der Waals surface area contributed by atoms with Gasteiger partial charge in [0.05, 0.1) is 16.9 Å². The van der Waals surface area contributed by atoms with Gasteiger partial charge in [0.2, 0.25) is 0 Å². The van der Waals surface area contributed by atoms with E-state index in [1.165, 1.54) is 16.8 Å². The predicted octanol–water partition coefficient (Wildman–Crippen LogP) is 5.78. The number of hydrogen-bond acceptors (Lipinski definition) is 2. The summed E-state index contributed by atoms with van der Waals surface area (Å²) in [6.07, 6.45) is -3.81. The van der Waals surface area contributed by atoms with Gasteiger partial charge in [-0.3, -0.25) is 0 Å². The summed E-state index contributed by atoms with van der Waals surface area (Å²) in [6.45, 7) is 0.666. The van der Waals surface area contributed by atoms with Crippen molar-refractivity contribution in [3.05, 3.63) is 62.2 Å². The van der Waals surface area contributed by atoms with Crippen molar-refractivity contribution in [2.45, 2.75) is 12.6 Å². The second-order valence-corrected chi connectivity index (χ2v) is 7.61. The van der Waals surface area contributed by atoms with Crippen molar-refractivity contribution < 1.29 is 13.2 Å². The molecule has 0 saturated heterocycles. The summed E-state index contributed by atoms with van der Waals surface area (Å²) in [5, 5.41) is 7.71. The number of rotatable bonds is 2. The van der Waals surface area contributed by atoms with Crippen molar-refractivity contribution in [1.82, 2.24) is 9.78 Å². The van der Waals surface area contributed by atoms with Crippen molar-refractivity contribution in [1.29, 1.82) is 0 Å². The van der Waals surface area contributed by atoms with Crippen LogP contribution in [0.15, 0.2) is 42.5 Å². The molecule has 0 spiro atoms. The fourth-order valence-electron chi connectivity index (χ4n) is 3.11. The minimum Gasteiger partial charge on any atom is -0.369 e. The minimum absolute atomic E-state index is 0.0377. The fourth-order valence-corrected chi connectivity index (χ4v) is 3.64. The van der Waals surface area contributed by atoms with E-state index in [1.54, 1.807) is 0 Å². The number of nitrogens with zero attached hydrogens (tertiary/aromatic N) is 2. The van der Waals surface area contributed by atoms with Crippen LogP contribution in [0, 0.1) is 3.57 Å². The van der Waals surface area contributed by atoms with Crippen molar-refractivity contribution in [3.8, 4) is 16.9 Å². The SMILES string of the molecule is FC(F)(F)c1cc(Cl)ccc1-n1nc(-c2ccc(I)cc2)c2c1NCC2. The summed E-state index contributed by atoms with van der Waals surface area (Å²) in [7, 11) is 0. The molecule has 3 nitrogen and oxygen atoms in total. The quantitative estimate of drug-likeness (QED) is 0.462. The number of nitrogens with one attached hydrogen (secondary N) is 1. The molecule has 2 heterocycles. The van der Waals surface area contributed by atoms with Gasteiger partial charge in [0.1, 0.15) is 5.82 Å². The van der Waals surface area contributed by atoms with E-state index in [-0.39, 0.29) is 10.7 Å². The van der Waals surface area contributed by atoms with Crippen molar-refractivity contribution in [2.24, 2.45) is 0 Å². The molecule has 0 aliphatic carbocycles. The van der Waals surface area contributed by atoms with Gasteiger partial charge < -0.3 is 5.32 Å². The molecular weight excluding hydrogens is 478 g/mol. The number of aromatic nitrogens is 2. The smallest absolute Gasteiger partial charge is 0.369 e. The molecule has 0 amide bonds. The number of halogens is 5. The molecule has 0 atom stereocenters. The van der Waals surface area contributed by atoms with Gasteiger partial charge in [-0.05, 0) is 59.3 Å². The second-order valence-electron chi connectivity index (χ2n) is 5.93. The Bertz CT molecular complexity index is 981. The van der Waals surface area contributed by atoms with Crippen LogP contribution >= 0.6 is 34.2 Å². The van der Waals surface area contributed by atoms with E-state index in [0.717, 1.165) is 20.8 Å².